The predicted octanol–water partition coefficient (Wildman–Crippen LogP) is 3.04. The highest BCUT2D eigenvalue weighted by Crippen LogP contribution is 2.26. The summed E-state index contributed by atoms with van der Waals surface area (Å²) in [6.07, 6.45) is 0. The molecule has 0 fully saturated rings. The molecule has 1 atom stereocenters. The minimum absolute atomic E-state index is 0.0257. The van der Waals surface area contributed by atoms with E-state index < -0.39 is 27.8 Å². The Kier molecular flexibility index (Phi) is 8.00. The third-order valence-electron chi connectivity index (χ3n) is 4.54. The lowest BCUT2D eigenvalue weighted by atomic mass is 10.1. The number of hydrogen-bond donors (Lipinski definition) is 0. The van der Waals surface area contributed by atoms with Crippen molar-refractivity contribution in [2.45, 2.75) is 18.4 Å². The third kappa shape index (κ3) is 5.59. The largest absolute Gasteiger partial charge is 0.469 e. The average molecular weight is 453 g/mol. The smallest absolute Gasteiger partial charge is 0.310 e. The molecule has 9 heteroatoms. The molecule has 2 aromatic carbocycles. The van der Waals surface area contributed by atoms with Crippen LogP contribution in [0.1, 0.15) is 22.8 Å². The molecule has 162 valence electrons. The molecule has 0 aliphatic heterocycles. The van der Waals surface area contributed by atoms with E-state index in [9.17, 15) is 18.0 Å². The lowest BCUT2D eigenvalue weighted by molar-refractivity contribution is -0.145. The van der Waals surface area contributed by atoms with E-state index in [-0.39, 0.29) is 28.6 Å². The maximum absolute atomic E-state index is 13.3. The molecule has 0 N–H and O–H groups in total. The van der Waals surface area contributed by atoms with E-state index in [0.29, 0.717) is 0 Å². The Morgan fingerprint density at radius 1 is 1.10 bits per heavy atom. The van der Waals surface area contributed by atoms with Crippen molar-refractivity contribution in [3.8, 4) is 0 Å². The number of ether oxygens (including phenoxy) is 1. The van der Waals surface area contributed by atoms with E-state index in [1.54, 1.807) is 6.92 Å². The van der Waals surface area contributed by atoms with Crippen LogP contribution in [-0.2, 0) is 26.1 Å². The van der Waals surface area contributed by atoms with Gasteiger partial charge in [0.2, 0.25) is 10.0 Å². The number of sulfonamides is 1. The first-order chi connectivity index (χ1) is 14.1. The van der Waals surface area contributed by atoms with Crippen LogP contribution >= 0.6 is 11.6 Å². The SMILES string of the molecule is COC(=O)C(C)CN(Cc1ccccc1)C(=O)c1ccc(Cl)c(S(=O)(=O)N(C)C)c1. The Hall–Kier alpha value is -2.42. The van der Waals surface area contributed by atoms with Crippen molar-refractivity contribution in [3.63, 3.8) is 0 Å². The third-order valence-corrected chi connectivity index (χ3v) is 6.83. The molecule has 0 heterocycles. The van der Waals surface area contributed by atoms with Crippen molar-refractivity contribution in [2.24, 2.45) is 5.92 Å². The van der Waals surface area contributed by atoms with Crippen molar-refractivity contribution in [2.75, 3.05) is 27.7 Å². The number of carbonyl (C=O) groups excluding carboxylic acids is 2. The zero-order chi connectivity index (χ0) is 22.5. The Morgan fingerprint density at radius 3 is 2.30 bits per heavy atom. The molecule has 1 amide bonds. The zero-order valence-corrected chi connectivity index (χ0v) is 18.9. The molecule has 7 nitrogen and oxygen atoms in total. The number of amides is 1. The van der Waals surface area contributed by atoms with Gasteiger partial charge in [0, 0.05) is 32.7 Å². The molecule has 0 spiro atoms. The molecule has 2 rings (SSSR count). The maximum atomic E-state index is 13.3. The normalized spacial score (nSPS) is 12.5. The number of hydrogen-bond acceptors (Lipinski definition) is 5. The lowest BCUT2D eigenvalue weighted by Crippen LogP contribution is -2.37. The van der Waals surface area contributed by atoms with Crippen molar-refractivity contribution >= 4 is 33.5 Å². The highest BCUT2D eigenvalue weighted by atomic mass is 35.5. The molecule has 30 heavy (non-hydrogen) atoms. The first-order valence-electron chi connectivity index (χ1n) is 9.21. The van der Waals surface area contributed by atoms with E-state index in [0.717, 1.165) is 9.87 Å². The van der Waals surface area contributed by atoms with Gasteiger partial charge in [-0.25, -0.2) is 12.7 Å². The standard InChI is InChI=1S/C21H25ClN2O5S/c1-15(21(26)29-4)13-24(14-16-8-6-5-7-9-16)20(25)17-10-11-18(22)19(12-17)30(27,28)23(2)3/h5-12,15H,13-14H2,1-4H3. The molecular formula is C21H25ClN2O5S. The summed E-state index contributed by atoms with van der Waals surface area (Å²) < 4.78 is 30.9. The van der Waals surface area contributed by atoms with Gasteiger partial charge >= 0.3 is 5.97 Å². The van der Waals surface area contributed by atoms with Crippen LogP contribution in [0.3, 0.4) is 0 Å². The topological polar surface area (TPSA) is 84.0 Å². The van der Waals surface area contributed by atoms with Gasteiger partial charge < -0.3 is 9.64 Å². The number of nitrogens with zero attached hydrogens (tertiary/aromatic N) is 2. The second kappa shape index (κ2) is 10.1. The summed E-state index contributed by atoms with van der Waals surface area (Å²) in [7, 11) is 0.237. The van der Waals surface area contributed by atoms with Crippen molar-refractivity contribution in [1.82, 2.24) is 9.21 Å². The lowest BCUT2D eigenvalue weighted by Gasteiger charge is -2.26. The molecular weight excluding hydrogens is 428 g/mol. The first-order valence-corrected chi connectivity index (χ1v) is 11.0. The molecule has 0 saturated heterocycles. The molecule has 0 aliphatic carbocycles. The molecule has 0 bridgehead atoms. The van der Waals surface area contributed by atoms with Crippen molar-refractivity contribution in [3.05, 3.63) is 64.7 Å². The summed E-state index contributed by atoms with van der Waals surface area (Å²) in [5.41, 5.74) is 1.03. The van der Waals surface area contributed by atoms with Gasteiger partial charge in [-0.15, -0.1) is 0 Å². The number of halogens is 1. The molecule has 0 radical (unpaired) electrons. The second-order valence-electron chi connectivity index (χ2n) is 7.03. The van der Waals surface area contributed by atoms with E-state index in [1.165, 1.54) is 44.3 Å². The van der Waals surface area contributed by atoms with E-state index >= 15 is 0 Å². The fraction of sp³-hybridized carbons (Fsp3) is 0.333. The minimum atomic E-state index is -3.83. The highest BCUT2D eigenvalue weighted by molar-refractivity contribution is 7.89. The second-order valence-corrected chi connectivity index (χ2v) is 9.56. The van der Waals surface area contributed by atoms with E-state index in [4.69, 9.17) is 16.3 Å². The molecule has 2 aromatic rings. The Morgan fingerprint density at radius 2 is 1.73 bits per heavy atom. The van der Waals surface area contributed by atoms with Crippen molar-refractivity contribution in [1.29, 1.82) is 0 Å². The summed E-state index contributed by atoms with van der Waals surface area (Å²) in [5.74, 6) is -1.41. The molecule has 0 aliphatic rings. The van der Waals surface area contributed by atoms with Crippen LogP contribution in [0.5, 0.6) is 0 Å². The van der Waals surface area contributed by atoms with Gasteiger partial charge in [0.1, 0.15) is 4.90 Å². The van der Waals surface area contributed by atoms with Crippen LogP contribution in [0.4, 0.5) is 0 Å². The Bertz CT molecular complexity index is 1010. The number of methoxy groups -OCH3 is 1. The van der Waals surface area contributed by atoms with Gasteiger partial charge in [0.25, 0.3) is 5.91 Å². The summed E-state index contributed by atoms with van der Waals surface area (Å²) in [6.45, 7) is 2.03. The maximum Gasteiger partial charge on any atom is 0.310 e. The highest BCUT2D eigenvalue weighted by Gasteiger charge is 2.26. The fourth-order valence-corrected chi connectivity index (χ4v) is 4.24. The van der Waals surface area contributed by atoms with Crippen LogP contribution in [0, 0.1) is 5.92 Å². The zero-order valence-electron chi connectivity index (χ0n) is 17.3. The summed E-state index contributed by atoms with van der Waals surface area (Å²) in [5, 5.41) is 0.0257. The van der Waals surface area contributed by atoms with Crippen LogP contribution < -0.4 is 0 Å². The summed E-state index contributed by atoms with van der Waals surface area (Å²) in [4.78, 5) is 26.5. The predicted molar refractivity (Wildman–Crippen MR) is 115 cm³/mol. The fourth-order valence-electron chi connectivity index (χ4n) is 2.84. The van der Waals surface area contributed by atoms with E-state index in [1.807, 2.05) is 30.3 Å². The van der Waals surface area contributed by atoms with Gasteiger partial charge in [-0.2, -0.15) is 0 Å². The Labute approximate surface area is 182 Å². The van der Waals surface area contributed by atoms with Crippen LogP contribution in [0.15, 0.2) is 53.4 Å². The Balaban J connectivity index is 2.43. The summed E-state index contributed by atoms with van der Waals surface area (Å²) in [6, 6.07) is 13.4. The van der Waals surface area contributed by atoms with Gasteiger partial charge in [0.15, 0.2) is 0 Å². The molecule has 0 saturated carbocycles. The molecule has 1 unspecified atom stereocenters. The monoisotopic (exact) mass is 452 g/mol. The number of esters is 1. The minimum Gasteiger partial charge on any atom is -0.469 e. The molecule has 0 aromatic heterocycles. The number of benzene rings is 2. The van der Waals surface area contributed by atoms with Crippen LogP contribution in [-0.4, -0.2) is 57.2 Å². The van der Waals surface area contributed by atoms with Crippen molar-refractivity contribution < 1.29 is 22.7 Å². The van der Waals surface area contributed by atoms with Gasteiger partial charge in [0.05, 0.1) is 18.1 Å². The number of rotatable bonds is 8. The summed E-state index contributed by atoms with van der Waals surface area (Å²) >= 11 is 6.09. The quantitative estimate of drug-likeness (QED) is 0.575. The van der Waals surface area contributed by atoms with Gasteiger partial charge in [-0.05, 0) is 23.8 Å². The van der Waals surface area contributed by atoms with Gasteiger partial charge in [-0.3, -0.25) is 9.59 Å². The van der Waals surface area contributed by atoms with E-state index in [2.05, 4.69) is 0 Å². The first kappa shape index (κ1) is 23.9. The van der Waals surface area contributed by atoms with Crippen LogP contribution in [0.2, 0.25) is 5.02 Å². The average Bonchev–Trinajstić information content (AvgIpc) is 2.72. The number of carbonyl (C=O) groups is 2. The van der Waals surface area contributed by atoms with Crippen LogP contribution in [0.25, 0.3) is 0 Å². The van der Waals surface area contributed by atoms with Gasteiger partial charge in [-0.1, -0.05) is 48.9 Å².